The van der Waals surface area contributed by atoms with Gasteiger partial charge >= 0.3 is 0 Å². The third-order valence-electron chi connectivity index (χ3n) is 5.35. The van der Waals surface area contributed by atoms with Gasteiger partial charge in [0.1, 0.15) is 0 Å². The summed E-state index contributed by atoms with van der Waals surface area (Å²) in [5.74, 6) is -0.0402. The highest BCUT2D eigenvalue weighted by molar-refractivity contribution is 6.07. The van der Waals surface area contributed by atoms with Crippen molar-refractivity contribution in [3.05, 3.63) is 65.7 Å². The van der Waals surface area contributed by atoms with Gasteiger partial charge in [0.05, 0.1) is 5.52 Å². The summed E-state index contributed by atoms with van der Waals surface area (Å²) in [6.45, 7) is 5.73. The van der Waals surface area contributed by atoms with E-state index in [1.54, 1.807) is 20.4 Å². The SMILES string of the molecule is CCN(CC)C(=O)c1nc(C(=O)N2CCCc3ccccc32)n2ccccc12. The largest absolute Gasteiger partial charge is 0.338 e. The number of amides is 2. The Labute approximate surface area is 164 Å². The normalized spacial score (nSPS) is 13.4. The molecular weight excluding hydrogens is 352 g/mol. The zero-order chi connectivity index (χ0) is 19.7. The van der Waals surface area contributed by atoms with E-state index in [2.05, 4.69) is 11.1 Å². The van der Waals surface area contributed by atoms with Crippen LogP contribution < -0.4 is 4.90 Å². The number of nitrogens with zero attached hydrogens (tertiary/aromatic N) is 4. The summed E-state index contributed by atoms with van der Waals surface area (Å²) in [7, 11) is 0. The lowest BCUT2D eigenvalue weighted by Crippen LogP contribution is -2.36. The lowest BCUT2D eigenvalue weighted by Gasteiger charge is -2.28. The second-order valence-electron chi connectivity index (χ2n) is 6.91. The van der Waals surface area contributed by atoms with Crippen LogP contribution in [0.2, 0.25) is 0 Å². The first-order chi connectivity index (χ1) is 13.7. The molecule has 2 aromatic heterocycles. The zero-order valence-corrected chi connectivity index (χ0v) is 16.3. The number of aromatic nitrogens is 2. The van der Waals surface area contributed by atoms with Crippen molar-refractivity contribution >= 4 is 23.0 Å². The highest BCUT2D eigenvalue weighted by Gasteiger charge is 2.29. The van der Waals surface area contributed by atoms with Crippen LogP contribution >= 0.6 is 0 Å². The van der Waals surface area contributed by atoms with Crippen LogP contribution in [-0.4, -0.2) is 45.7 Å². The van der Waals surface area contributed by atoms with Crippen molar-refractivity contribution < 1.29 is 9.59 Å². The Hall–Kier alpha value is -3.15. The maximum Gasteiger partial charge on any atom is 0.294 e. The fraction of sp³-hybridized carbons (Fsp3) is 0.318. The molecule has 0 fully saturated rings. The molecule has 3 heterocycles. The van der Waals surface area contributed by atoms with Gasteiger partial charge in [-0.3, -0.25) is 14.0 Å². The van der Waals surface area contributed by atoms with Crippen molar-refractivity contribution in [2.24, 2.45) is 0 Å². The van der Waals surface area contributed by atoms with Gasteiger partial charge in [-0.25, -0.2) is 4.98 Å². The van der Waals surface area contributed by atoms with Crippen LogP contribution in [0.1, 0.15) is 46.9 Å². The Morgan fingerprint density at radius 2 is 1.82 bits per heavy atom. The quantitative estimate of drug-likeness (QED) is 0.701. The lowest BCUT2D eigenvalue weighted by molar-refractivity contribution is 0.0769. The molecule has 1 aliphatic heterocycles. The fourth-order valence-electron chi connectivity index (χ4n) is 3.87. The minimum Gasteiger partial charge on any atom is -0.338 e. The van der Waals surface area contributed by atoms with E-state index in [4.69, 9.17) is 0 Å². The van der Waals surface area contributed by atoms with Crippen molar-refractivity contribution in [1.29, 1.82) is 0 Å². The number of pyridine rings is 1. The number of benzene rings is 1. The molecule has 0 unspecified atom stereocenters. The summed E-state index contributed by atoms with van der Waals surface area (Å²) in [6.07, 6.45) is 3.68. The molecule has 4 rings (SSSR count). The van der Waals surface area contributed by atoms with E-state index in [1.165, 1.54) is 5.56 Å². The number of para-hydroxylation sites is 1. The van der Waals surface area contributed by atoms with Crippen LogP contribution in [0.3, 0.4) is 0 Å². The number of carbonyl (C=O) groups is 2. The second kappa shape index (κ2) is 7.46. The molecule has 144 valence electrons. The maximum absolute atomic E-state index is 13.4. The minimum atomic E-state index is -0.174. The molecular formula is C22H24N4O2. The summed E-state index contributed by atoms with van der Waals surface area (Å²) in [6, 6.07) is 13.5. The van der Waals surface area contributed by atoms with Gasteiger partial charge in [0, 0.05) is 31.5 Å². The molecule has 6 heteroatoms. The van der Waals surface area contributed by atoms with Gasteiger partial charge in [-0.2, -0.15) is 0 Å². The monoisotopic (exact) mass is 376 g/mol. The average Bonchev–Trinajstić information content (AvgIpc) is 3.13. The van der Waals surface area contributed by atoms with Crippen LogP contribution in [0.25, 0.3) is 5.52 Å². The first kappa shape index (κ1) is 18.2. The molecule has 1 aromatic carbocycles. The molecule has 28 heavy (non-hydrogen) atoms. The van der Waals surface area contributed by atoms with E-state index in [0.29, 0.717) is 30.8 Å². The molecule has 0 N–H and O–H groups in total. The van der Waals surface area contributed by atoms with Crippen LogP contribution in [0.4, 0.5) is 5.69 Å². The van der Waals surface area contributed by atoms with Crippen molar-refractivity contribution in [2.45, 2.75) is 26.7 Å². The number of hydrogen-bond acceptors (Lipinski definition) is 3. The Bertz CT molecular complexity index is 1040. The molecule has 6 nitrogen and oxygen atoms in total. The van der Waals surface area contributed by atoms with Gasteiger partial charge in [0.25, 0.3) is 11.8 Å². The molecule has 1 aliphatic rings. The van der Waals surface area contributed by atoms with Crippen LogP contribution in [0.5, 0.6) is 0 Å². The van der Waals surface area contributed by atoms with Crippen LogP contribution in [-0.2, 0) is 6.42 Å². The van der Waals surface area contributed by atoms with E-state index in [0.717, 1.165) is 18.5 Å². The van der Waals surface area contributed by atoms with Crippen molar-refractivity contribution in [3.8, 4) is 0 Å². The topological polar surface area (TPSA) is 57.9 Å². The maximum atomic E-state index is 13.4. The minimum absolute atomic E-state index is 0.146. The molecule has 0 radical (unpaired) electrons. The number of carbonyl (C=O) groups excluding carboxylic acids is 2. The molecule has 0 saturated heterocycles. The Balaban J connectivity index is 1.80. The van der Waals surface area contributed by atoms with Gasteiger partial charge in [0.15, 0.2) is 5.69 Å². The van der Waals surface area contributed by atoms with E-state index < -0.39 is 0 Å². The fourth-order valence-corrected chi connectivity index (χ4v) is 3.87. The van der Waals surface area contributed by atoms with Crippen molar-refractivity contribution in [2.75, 3.05) is 24.5 Å². The molecule has 2 amide bonds. The summed E-state index contributed by atoms with van der Waals surface area (Å²) in [5.41, 5.74) is 3.09. The lowest BCUT2D eigenvalue weighted by atomic mass is 10.0. The average molecular weight is 376 g/mol. The van der Waals surface area contributed by atoms with E-state index in [9.17, 15) is 9.59 Å². The summed E-state index contributed by atoms with van der Waals surface area (Å²) in [4.78, 5) is 34.4. The first-order valence-electron chi connectivity index (χ1n) is 9.81. The number of fused-ring (bicyclic) bond motifs is 2. The van der Waals surface area contributed by atoms with Gasteiger partial charge in [0.2, 0.25) is 5.82 Å². The van der Waals surface area contributed by atoms with E-state index >= 15 is 0 Å². The summed E-state index contributed by atoms with van der Waals surface area (Å²) < 4.78 is 1.73. The highest BCUT2D eigenvalue weighted by Crippen LogP contribution is 2.28. The Morgan fingerprint density at radius 1 is 1.07 bits per heavy atom. The third kappa shape index (κ3) is 2.95. The Morgan fingerprint density at radius 3 is 2.61 bits per heavy atom. The third-order valence-corrected chi connectivity index (χ3v) is 5.35. The highest BCUT2D eigenvalue weighted by atomic mass is 16.2. The predicted molar refractivity (Wildman–Crippen MR) is 109 cm³/mol. The molecule has 0 bridgehead atoms. The molecule has 3 aromatic rings. The van der Waals surface area contributed by atoms with E-state index in [-0.39, 0.29) is 17.6 Å². The number of imidazole rings is 1. The number of aryl methyl sites for hydroxylation is 1. The Kier molecular flexibility index (Phi) is 4.86. The van der Waals surface area contributed by atoms with Gasteiger partial charge in [-0.15, -0.1) is 0 Å². The number of anilines is 1. The first-order valence-corrected chi connectivity index (χ1v) is 9.81. The number of hydrogen-bond donors (Lipinski definition) is 0. The molecule has 0 spiro atoms. The molecule has 0 aliphatic carbocycles. The van der Waals surface area contributed by atoms with Gasteiger partial charge in [-0.05, 0) is 50.5 Å². The van der Waals surface area contributed by atoms with Crippen molar-refractivity contribution in [1.82, 2.24) is 14.3 Å². The van der Waals surface area contributed by atoms with Gasteiger partial charge in [-0.1, -0.05) is 24.3 Å². The zero-order valence-electron chi connectivity index (χ0n) is 16.3. The molecule has 0 atom stereocenters. The summed E-state index contributed by atoms with van der Waals surface area (Å²) in [5, 5.41) is 0. The van der Waals surface area contributed by atoms with Crippen molar-refractivity contribution in [3.63, 3.8) is 0 Å². The molecule has 0 saturated carbocycles. The van der Waals surface area contributed by atoms with Crippen LogP contribution in [0, 0.1) is 0 Å². The predicted octanol–water partition coefficient (Wildman–Crippen LogP) is 3.41. The standard InChI is InChI=1S/C22H24N4O2/c1-3-24(4-2)21(27)19-18-13-7-8-14-25(18)20(23-19)22(28)26-15-9-11-16-10-5-6-12-17(16)26/h5-8,10,12-14H,3-4,9,11,15H2,1-2H3. The second-order valence-corrected chi connectivity index (χ2v) is 6.91. The van der Waals surface area contributed by atoms with Crippen LogP contribution in [0.15, 0.2) is 48.7 Å². The van der Waals surface area contributed by atoms with Gasteiger partial charge < -0.3 is 9.80 Å². The number of rotatable bonds is 4. The summed E-state index contributed by atoms with van der Waals surface area (Å²) >= 11 is 0. The smallest absolute Gasteiger partial charge is 0.294 e. The van der Waals surface area contributed by atoms with E-state index in [1.807, 2.05) is 50.2 Å².